The van der Waals surface area contributed by atoms with E-state index in [-0.39, 0.29) is 19.1 Å². The van der Waals surface area contributed by atoms with Gasteiger partial charge >= 0.3 is 6.03 Å². The number of hydrogen-bond donors (Lipinski definition) is 1. The van der Waals surface area contributed by atoms with E-state index in [0.29, 0.717) is 27.6 Å². The Morgan fingerprint density at radius 3 is 2.59 bits per heavy atom. The van der Waals surface area contributed by atoms with E-state index >= 15 is 0 Å². The first-order valence-electron chi connectivity index (χ1n) is 8.21. The molecule has 0 radical (unpaired) electrons. The molecule has 1 unspecified atom stereocenters. The van der Waals surface area contributed by atoms with E-state index in [1.54, 1.807) is 49.4 Å². The van der Waals surface area contributed by atoms with Crippen LogP contribution in [0.3, 0.4) is 0 Å². The first-order valence-corrected chi connectivity index (χ1v) is 8.59. The molecule has 0 saturated carbocycles. The van der Waals surface area contributed by atoms with Crippen molar-refractivity contribution in [1.29, 1.82) is 0 Å². The number of ether oxygens (including phenoxy) is 2. The lowest BCUT2D eigenvalue weighted by molar-refractivity contribution is -0.130. The van der Waals surface area contributed by atoms with Gasteiger partial charge in [0.15, 0.2) is 17.3 Å². The number of fused-ring (bicyclic) bond motifs is 1. The van der Waals surface area contributed by atoms with E-state index in [4.69, 9.17) is 21.1 Å². The monoisotopic (exact) mass is 386 g/mol. The molecule has 0 bridgehead atoms. The lowest BCUT2D eigenvalue weighted by Crippen LogP contribution is -2.41. The van der Waals surface area contributed by atoms with Gasteiger partial charge in [0.2, 0.25) is 6.79 Å². The van der Waals surface area contributed by atoms with Crippen molar-refractivity contribution in [2.75, 3.05) is 13.3 Å². The SMILES string of the molecule is CC1(c2ccc3c(c2)OCO3)NC(=O)N(CC(=O)c2ccc(Cl)cc2)C1=O. The molecule has 7 nitrogen and oxygen atoms in total. The Morgan fingerprint density at radius 1 is 1.15 bits per heavy atom. The number of nitrogens with one attached hydrogen (secondary N) is 1. The number of amides is 3. The van der Waals surface area contributed by atoms with Crippen molar-refractivity contribution in [2.24, 2.45) is 0 Å². The number of carbonyl (C=O) groups excluding carboxylic acids is 3. The molecule has 1 saturated heterocycles. The third-order valence-corrected chi connectivity index (χ3v) is 4.94. The maximum absolute atomic E-state index is 13.0. The quantitative estimate of drug-likeness (QED) is 0.645. The highest BCUT2D eigenvalue weighted by Crippen LogP contribution is 2.37. The molecule has 8 heteroatoms. The van der Waals surface area contributed by atoms with Crippen LogP contribution in [0.15, 0.2) is 42.5 Å². The topological polar surface area (TPSA) is 84.9 Å². The predicted octanol–water partition coefficient (Wildman–Crippen LogP) is 2.72. The lowest BCUT2D eigenvalue weighted by Gasteiger charge is -2.22. The summed E-state index contributed by atoms with van der Waals surface area (Å²) in [5.41, 5.74) is -0.374. The molecule has 2 aliphatic heterocycles. The number of hydrogen-bond acceptors (Lipinski definition) is 5. The standard InChI is InChI=1S/C19H15ClN2O5/c1-19(12-4-7-15-16(8-12)27-10-26-15)17(24)22(18(25)21-19)9-14(23)11-2-5-13(20)6-3-11/h2-8H,9-10H2,1H3,(H,21,25). The minimum absolute atomic E-state index is 0.109. The number of urea groups is 1. The third kappa shape index (κ3) is 2.90. The smallest absolute Gasteiger partial charge is 0.325 e. The molecule has 1 atom stereocenters. The summed E-state index contributed by atoms with van der Waals surface area (Å²) in [5.74, 6) is 0.221. The summed E-state index contributed by atoms with van der Waals surface area (Å²) in [6, 6.07) is 10.7. The van der Waals surface area contributed by atoms with Gasteiger partial charge in [-0.1, -0.05) is 17.7 Å². The molecule has 1 fully saturated rings. The van der Waals surface area contributed by atoms with E-state index in [1.165, 1.54) is 0 Å². The summed E-state index contributed by atoms with van der Waals surface area (Å²) in [7, 11) is 0. The number of halogens is 1. The Balaban J connectivity index is 1.58. The van der Waals surface area contributed by atoms with Crippen LogP contribution in [0.4, 0.5) is 4.79 Å². The zero-order valence-corrected chi connectivity index (χ0v) is 15.1. The van der Waals surface area contributed by atoms with Gasteiger partial charge in [-0.3, -0.25) is 14.5 Å². The summed E-state index contributed by atoms with van der Waals surface area (Å²) in [6.07, 6.45) is 0. The zero-order valence-electron chi connectivity index (χ0n) is 14.3. The molecule has 138 valence electrons. The normalized spacial score (nSPS) is 20.7. The van der Waals surface area contributed by atoms with Crippen molar-refractivity contribution < 1.29 is 23.9 Å². The largest absolute Gasteiger partial charge is 0.454 e. The van der Waals surface area contributed by atoms with Gasteiger partial charge in [-0.15, -0.1) is 0 Å². The van der Waals surface area contributed by atoms with Crippen molar-refractivity contribution in [3.8, 4) is 11.5 Å². The Labute approximate surface area is 159 Å². The number of rotatable bonds is 4. The lowest BCUT2D eigenvalue weighted by atomic mass is 9.91. The number of ketones is 1. The van der Waals surface area contributed by atoms with Crippen molar-refractivity contribution in [3.05, 3.63) is 58.6 Å². The molecular formula is C19H15ClN2O5. The van der Waals surface area contributed by atoms with Gasteiger partial charge in [0.25, 0.3) is 5.91 Å². The molecule has 0 aliphatic carbocycles. The number of imide groups is 1. The van der Waals surface area contributed by atoms with E-state index in [0.717, 1.165) is 4.90 Å². The Bertz CT molecular complexity index is 959. The Hall–Kier alpha value is -3.06. The summed E-state index contributed by atoms with van der Waals surface area (Å²) < 4.78 is 10.6. The van der Waals surface area contributed by atoms with Gasteiger partial charge in [0.05, 0.1) is 6.54 Å². The Kier molecular flexibility index (Phi) is 4.04. The van der Waals surface area contributed by atoms with E-state index < -0.39 is 17.5 Å². The molecule has 27 heavy (non-hydrogen) atoms. The van der Waals surface area contributed by atoms with E-state index in [1.807, 2.05) is 0 Å². The molecule has 0 aromatic heterocycles. The fourth-order valence-electron chi connectivity index (χ4n) is 3.11. The Morgan fingerprint density at radius 2 is 1.85 bits per heavy atom. The van der Waals surface area contributed by atoms with Crippen LogP contribution in [-0.4, -0.2) is 36.0 Å². The first kappa shape index (κ1) is 17.4. The second kappa shape index (κ2) is 6.28. The molecule has 0 spiro atoms. The molecule has 2 aliphatic rings. The van der Waals surface area contributed by atoms with Crippen LogP contribution in [-0.2, 0) is 10.3 Å². The molecular weight excluding hydrogens is 372 g/mol. The van der Waals surface area contributed by atoms with Crippen molar-refractivity contribution >= 4 is 29.3 Å². The average molecular weight is 387 g/mol. The van der Waals surface area contributed by atoms with Gasteiger partial charge in [0, 0.05) is 10.6 Å². The first-order chi connectivity index (χ1) is 12.9. The van der Waals surface area contributed by atoms with Crippen LogP contribution in [0.2, 0.25) is 5.02 Å². The average Bonchev–Trinajstić information content (AvgIpc) is 3.20. The molecule has 2 aromatic rings. The number of carbonyl (C=O) groups is 3. The summed E-state index contributed by atoms with van der Waals surface area (Å²) in [5, 5.41) is 3.17. The molecule has 2 heterocycles. The zero-order chi connectivity index (χ0) is 19.2. The predicted molar refractivity (Wildman–Crippen MR) is 95.9 cm³/mol. The summed E-state index contributed by atoms with van der Waals surface area (Å²) in [6.45, 7) is 1.35. The van der Waals surface area contributed by atoms with Crippen LogP contribution >= 0.6 is 11.6 Å². The highest BCUT2D eigenvalue weighted by molar-refractivity contribution is 6.30. The van der Waals surface area contributed by atoms with Crippen LogP contribution in [0, 0.1) is 0 Å². The maximum Gasteiger partial charge on any atom is 0.325 e. The van der Waals surface area contributed by atoms with Crippen LogP contribution < -0.4 is 14.8 Å². The van der Waals surface area contributed by atoms with Gasteiger partial charge in [-0.05, 0) is 48.9 Å². The van der Waals surface area contributed by atoms with Gasteiger partial charge in [0.1, 0.15) is 5.54 Å². The van der Waals surface area contributed by atoms with Gasteiger partial charge in [-0.2, -0.15) is 0 Å². The third-order valence-electron chi connectivity index (χ3n) is 4.69. The minimum Gasteiger partial charge on any atom is -0.454 e. The van der Waals surface area contributed by atoms with Crippen LogP contribution in [0.5, 0.6) is 11.5 Å². The maximum atomic E-state index is 13.0. The van der Waals surface area contributed by atoms with Crippen molar-refractivity contribution in [1.82, 2.24) is 10.2 Å². The summed E-state index contributed by atoms with van der Waals surface area (Å²) >= 11 is 5.82. The van der Waals surface area contributed by atoms with E-state index in [9.17, 15) is 14.4 Å². The number of benzene rings is 2. The number of Topliss-reactive ketones (excluding diaryl/α,β-unsaturated/α-hetero) is 1. The fourth-order valence-corrected chi connectivity index (χ4v) is 3.24. The van der Waals surface area contributed by atoms with Crippen LogP contribution in [0.25, 0.3) is 0 Å². The van der Waals surface area contributed by atoms with Crippen LogP contribution in [0.1, 0.15) is 22.8 Å². The second-order valence-electron chi connectivity index (χ2n) is 6.44. The highest BCUT2D eigenvalue weighted by Gasteiger charge is 2.49. The van der Waals surface area contributed by atoms with Gasteiger partial charge < -0.3 is 14.8 Å². The fraction of sp³-hybridized carbons (Fsp3) is 0.211. The minimum atomic E-state index is -1.29. The summed E-state index contributed by atoms with van der Waals surface area (Å²) in [4.78, 5) is 38.7. The van der Waals surface area contributed by atoms with Crippen molar-refractivity contribution in [3.63, 3.8) is 0 Å². The molecule has 2 aromatic carbocycles. The second-order valence-corrected chi connectivity index (χ2v) is 6.88. The number of nitrogens with zero attached hydrogens (tertiary/aromatic N) is 1. The van der Waals surface area contributed by atoms with E-state index in [2.05, 4.69) is 5.32 Å². The molecule has 3 amide bonds. The molecule has 1 N–H and O–H groups in total. The van der Waals surface area contributed by atoms with Crippen molar-refractivity contribution in [2.45, 2.75) is 12.5 Å². The van der Waals surface area contributed by atoms with Gasteiger partial charge in [-0.25, -0.2) is 4.79 Å². The molecule has 4 rings (SSSR count). The highest BCUT2D eigenvalue weighted by atomic mass is 35.5.